The molecular weight excluding hydrogens is 568 g/mol. The van der Waals surface area contributed by atoms with E-state index >= 15 is 0 Å². The maximum absolute atomic E-state index is 12.0. The summed E-state index contributed by atoms with van der Waals surface area (Å²) in [5, 5.41) is 10.6. The zero-order valence-corrected chi connectivity index (χ0v) is 24.4. The van der Waals surface area contributed by atoms with Crippen molar-refractivity contribution in [3.63, 3.8) is 0 Å². The van der Waals surface area contributed by atoms with Crippen molar-refractivity contribution < 1.29 is 38.1 Å². The molecule has 234 valence electrons. The maximum atomic E-state index is 12.0. The predicted octanol–water partition coefficient (Wildman–Crippen LogP) is 4.77. The summed E-state index contributed by atoms with van der Waals surface area (Å²) >= 11 is 0. The van der Waals surface area contributed by atoms with E-state index in [4.69, 9.17) is 18.9 Å². The minimum absolute atomic E-state index is 0.0947. The number of carbonyl (C=O) groups is 4. The summed E-state index contributed by atoms with van der Waals surface area (Å²) in [6.45, 7) is 1.62. The first-order valence-corrected chi connectivity index (χ1v) is 14.3. The number of carbonyl (C=O) groups excluding carboxylic acids is 4. The largest absolute Gasteiger partial charge is 0.449 e. The summed E-state index contributed by atoms with van der Waals surface area (Å²) in [7, 11) is 0. The number of ether oxygens (including phenoxy) is 4. The van der Waals surface area contributed by atoms with Crippen LogP contribution in [0.4, 0.5) is 19.2 Å². The molecule has 12 heteroatoms. The summed E-state index contributed by atoms with van der Waals surface area (Å²) in [6.07, 6.45) is -1.54. The van der Waals surface area contributed by atoms with E-state index < -0.39 is 24.4 Å². The Morgan fingerprint density at radius 3 is 1.05 bits per heavy atom. The van der Waals surface area contributed by atoms with E-state index in [2.05, 4.69) is 21.3 Å². The van der Waals surface area contributed by atoms with Crippen molar-refractivity contribution in [3.8, 4) is 0 Å². The monoisotopic (exact) mass is 606 g/mol. The summed E-state index contributed by atoms with van der Waals surface area (Å²) in [4.78, 5) is 47.4. The smallest absolute Gasteiger partial charge is 0.407 e. The Morgan fingerprint density at radius 1 is 0.409 bits per heavy atom. The van der Waals surface area contributed by atoms with Gasteiger partial charge in [-0.05, 0) is 22.3 Å². The standard InChI is InChI=1S/C32H38N4O8/c37-29(33-21-25-10-3-1-4-11-25)41-16-8-18-43-31(39)35-23-27-14-7-15-28(20-27)24-36-32(40)44-19-9-17-42-30(38)34-22-26-12-5-2-6-13-26/h1-7,10-15,20H,8-9,16-19,21-24H2,(H,33,37)(H,34,38)(H,35,39)(H,36,40). The van der Waals surface area contributed by atoms with Gasteiger partial charge in [-0.25, -0.2) is 19.2 Å². The molecule has 0 atom stereocenters. The van der Waals surface area contributed by atoms with Crippen LogP contribution in [0, 0.1) is 0 Å². The highest BCUT2D eigenvalue weighted by atomic mass is 16.6. The molecule has 0 spiro atoms. The summed E-state index contributed by atoms with van der Waals surface area (Å²) < 4.78 is 20.4. The van der Waals surface area contributed by atoms with Gasteiger partial charge in [0.2, 0.25) is 0 Å². The van der Waals surface area contributed by atoms with Gasteiger partial charge in [0, 0.05) is 39.0 Å². The van der Waals surface area contributed by atoms with Crippen LogP contribution in [0.3, 0.4) is 0 Å². The molecule has 44 heavy (non-hydrogen) atoms. The molecule has 4 N–H and O–H groups in total. The van der Waals surface area contributed by atoms with E-state index in [0.717, 1.165) is 22.3 Å². The summed E-state index contributed by atoms with van der Waals surface area (Å²) in [6, 6.07) is 26.3. The normalized spacial score (nSPS) is 10.2. The lowest BCUT2D eigenvalue weighted by atomic mass is 10.1. The van der Waals surface area contributed by atoms with E-state index in [0.29, 0.717) is 25.9 Å². The van der Waals surface area contributed by atoms with Gasteiger partial charge in [-0.15, -0.1) is 0 Å². The molecule has 0 bridgehead atoms. The average Bonchev–Trinajstić information content (AvgIpc) is 3.05. The minimum Gasteiger partial charge on any atom is -0.449 e. The topological polar surface area (TPSA) is 153 Å². The molecule has 0 unspecified atom stereocenters. The fraction of sp³-hybridized carbons (Fsp3) is 0.312. The van der Waals surface area contributed by atoms with Gasteiger partial charge in [0.25, 0.3) is 0 Å². The lowest BCUT2D eigenvalue weighted by Gasteiger charge is -2.10. The second-order valence-corrected chi connectivity index (χ2v) is 9.46. The molecule has 12 nitrogen and oxygen atoms in total. The van der Waals surface area contributed by atoms with Gasteiger partial charge in [-0.3, -0.25) is 0 Å². The molecule has 0 aliphatic rings. The number of hydrogen-bond donors (Lipinski definition) is 4. The van der Waals surface area contributed by atoms with Crippen LogP contribution in [0.15, 0.2) is 84.9 Å². The maximum Gasteiger partial charge on any atom is 0.407 e. The van der Waals surface area contributed by atoms with Gasteiger partial charge < -0.3 is 40.2 Å². The van der Waals surface area contributed by atoms with E-state index in [1.165, 1.54) is 0 Å². The van der Waals surface area contributed by atoms with Crippen LogP contribution in [-0.4, -0.2) is 50.8 Å². The van der Waals surface area contributed by atoms with Crippen LogP contribution < -0.4 is 21.3 Å². The zero-order valence-electron chi connectivity index (χ0n) is 24.4. The number of hydrogen-bond acceptors (Lipinski definition) is 8. The summed E-state index contributed by atoms with van der Waals surface area (Å²) in [5.74, 6) is 0. The van der Waals surface area contributed by atoms with Crippen LogP contribution in [0.1, 0.15) is 35.1 Å². The van der Waals surface area contributed by atoms with E-state index in [-0.39, 0.29) is 39.5 Å². The first-order valence-electron chi connectivity index (χ1n) is 14.3. The van der Waals surface area contributed by atoms with Crippen LogP contribution >= 0.6 is 0 Å². The average molecular weight is 607 g/mol. The van der Waals surface area contributed by atoms with Crippen LogP contribution in [-0.2, 0) is 45.1 Å². The van der Waals surface area contributed by atoms with E-state index in [9.17, 15) is 19.2 Å². The second-order valence-electron chi connectivity index (χ2n) is 9.46. The number of alkyl carbamates (subject to hydrolysis) is 4. The fourth-order valence-electron chi connectivity index (χ4n) is 3.72. The van der Waals surface area contributed by atoms with Gasteiger partial charge in [0.1, 0.15) is 0 Å². The SMILES string of the molecule is O=C(NCc1ccccc1)OCCCOC(=O)NCc1cccc(CNC(=O)OCCCOC(=O)NCc2ccccc2)c1. The Balaban J connectivity index is 1.18. The third kappa shape index (κ3) is 14.6. The molecule has 0 aliphatic carbocycles. The number of rotatable bonds is 16. The molecule has 0 radical (unpaired) electrons. The van der Waals surface area contributed by atoms with Gasteiger partial charge in [0.05, 0.1) is 26.4 Å². The lowest BCUT2D eigenvalue weighted by molar-refractivity contribution is 0.116. The molecule has 0 fully saturated rings. The van der Waals surface area contributed by atoms with Crippen molar-refractivity contribution in [1.29, 1.82) is 0 Å². The highest BCUT2D eigenvalue weighted by molar-refractivity contribution is 5.68. The Bertz CT molecular complexity index is 1210. The Labute approximate surface area is 256 Å². The highest BCUT2D eigenvalue weighted by Gasteiger charge is 2.07. The molecule has 3 rings (SSSR count). The second kappa shape index (κ2) is 19.8. The van der Waals surface area contributed by atoms with Crippen molar-refractivity contribution >= 4 is 24.4 Å². The van der Waals surface area contributed by atoms with Crippen molar-refractivity contribution in [1.82, 2.24) is 21.3 Å². The van der Waals surface area contributed by atoms with E-state index in [1.807, 2.05) is 84.9 Å². The first-order chi connectivity index (χ1) is 21.5. The van der Waals surface area contributed by atoms with Crippen molar-refractivity contribution in [3.05, 3.63) is 107 Å². The van der Waals surface area contributed by atoms with Crippen LogP contribution in [0.25, 0.3) is 0 Å². The van der Waals surface area contributed by atoms with Gasteiger partial charge in [-0.2, -0.15) is 0 Å². The van der Waals surface area contributed by atoms with Crippen LogP contribution in [0.2, 0.25) is 0 Å². The number of nitrogens with one attached hydrogen (secondary N) is 4. The molecule has 3 aromatic carbocycles. The van der Waals surface area contributed by atoms with Crippen LogP contribution in [0.5, 0.6) is 0 Å². The number of benzene rings is 3. The summed E-state index contributed by atoms with van der Waals surface area (Å²) in [5.41, 5.74) is 3.56. The molecule has 0 aliphatic heterocycles. The fourth-order valence-corrected chi connectivity index (χ4v) is 3.72. The molecule has 3 aromatic rings. The Morgan fingerprint density at radius 2 is 0.705 bits per heavy atom. The lowest BCUT2D eigenvalue weighted by Crippen LogP contribution is -2.26. The molecule has 0 aromatic heterocycles. The molecule has 0 saturated heterocycles. The number of amides is 4. The quantitative estimate of drug-likeness (QED) is 0.134. The van der Waals surface area contributed by atoms with Gasteiger partial charge >= 0.3 is 24.4 Å². The minimum atomic E-state index is -0.594. The first kappa shape index (κ1) is 33.2. The highest BCUT2D eigenvalue weighted by Crippen LogP contribution is 2.06. The molecule has 0 saturated carbocycles. The molecule has 0 heterocycles. The third-order valence-electron chi connectivity index (χ3n) is 5.93. The van der Waals surface area contributed by atoms with Crippen molar-refractivity contribution in [2.24, 2.45) is 0 Å². The zero-order chi connectivity index (χ0) is 31.2. The van der Waals surface area contributed by atoms with Gasteiger partial charge in [0.15, 0.2) is 0 Å². The van der Waals surface area contributed by atoms with Crippen molar-refractivity contribution in [2.45, 2.75) is 39.0 Å². The van der Waals surface area contributed by atoms with E-state index in [1.54, 1.807) is 0 Å². The molecule has 4 amide bonds. The van der Waals surface area contributed by atoms with Crippen molar-refractivity contribution in [2.75, 3.05) is 26.4 Å². The Kier molecular flexibility index (Phi) is 15.0. The molecular formula is C32H38N4O8. The Hall–Kier alpha value is -5.26. The third-order valence-corrected chi connectivity index (χ3v) is 5.93. The van der Waals surface area contributed by atoms with Gasteiger partial charge in [-0.1, -0.05) is 84.9 Å². The predicted molar refractivity (Wildman–Crippen MR) is 161 cm³/mol.